The van der Waals surface area contributed by atoms with E-state index in [4.69, 9.17) is 10.00 Å². The molecule has 0 N–H and O–H groups in total. The summed E-state index contributed by atoms with van der Waals surface area (Å²) in [6.07, 6.45) is -0.396. The fraction of sp³-hybridized carbons (Fsp3) is 0.818. The molecule has 1 fully saturated rings. The van der Waals surface area contributed by atoms with E-state index in [9.17, 15) is 4.79 Å². The first-order chi connectivity index (χ1) is 7.33. The Balaban J connectivity index is 2.65. The van der Waals surface area contributed by atoms with E-state index in [1.165, 1.54) is 4.90 Å². The standard InChI is InChI=1S/C11H19N3O2/c1-11(2,3)16-10(15)14-6-5-13(4)8-9(14)7-12/h9H,5-6,8H2,1-4H3. The van der Waals surface area contributed by atoms with Gasteiger partial charge in [-0.25, -0.2) is 4.79 Å². The third-order valence-electron chi connectivity index (χ3n) is 2.36. The van der Waals surface area contributed by atoms with Crippen molar-refractivity contribution >= 4 is 6.09 Å². The lowest BCUT2D eigenvalue weighted by molar-refractivity contribution is 0.00886. The lowest BCUT2D eigenvalue weighted by Crippen LogP contribution is -2.54. The van der Waals surface area contributed by atoms with Crippen LogP contribution in [0.2, 0.25) is 0 Å². The van der Waals surface area contributed by atoms with Crippen LogP contribution < -0.4 is 0 Å². The van der Waals surface area contributed by atoms with Crippen LogP contribution in [0.1, 0.15) is 20.8 Å². The summed E-state index contributed by atoms with van der Waals surface area (Å²) in [4.78, 5) is 15.4. The number of nitriles is 1. The second-order valence-electron chi connectivity index (χ2n) is 5.08. The minimum absolute atomic E-state index is 0.396. The number of carbonyl (C=O) groups is 1. The SMILES string of the molecule is CN1CCN(C(=O)OC(C)(C)C)C(C#N)C1. The zero-order chi connectivity index (χ0) is 12.3. The van der Waals surface area contributed by atoms with Gasteiger partial charge in [-0.3, -0.25) is 4.90 Å². The van der Waals surface area contributed by atoms with Crippen molar-refractivity contribution in [2.45, 2.75) is 32.4 Å². The number of ether oxygens (including phenoxy) is 1. The maximum absolute atomic E-state index is 11.8. The second kappa shape index (κ2) is 4.71. The minimum atomic E-state index is -0.513. The number of amides is 1. The maximum Gasteiger partial charge on any atom is 0.411 e. The molecule has 0 aliphatic carbocycles. The summed E-state index contributed by atoms with van der Waals surface area (Å²) in [5, 5.41) is 9.00. The highest BCUT2D eigenvalue weighted by molar-refractivity contribution is 5.69. The Morgan fingerprint density at radius 3 is 2.56 bits per heavy atom. The third-order valence-corrected chi connectivity index (χ3v) is 2.36. The maximum atomic E-state index is 11.8. The van der Waals surface area contributed by atoms with E-state index < -0.39 is 17.7 Å². The predicted octanol–water partition coefficient (Wildman–Crippen LogP) is 1.06. The molecule has 0 radical (unpaired) electrons. The van der Waals surface area contributed by atoms with E-state index in [2.05, 4.69) is 6.07 Å². The van der Waals surface area contributed by atoms with Gasteiger partial charge in [-0.05, 0) is 27.8 Å². The Kier molecular flexibility index (Phi) is 3.76. The van der Waals surface area contributed by atoms with Crippen molar-refractivity contribution in [2.75, 3.05) is 26.7 Å². The van der Waals surface area contributed by atoms with E-state index >= 15 is 0 Å². The zero-order valence-electron chi connectivity index (χ0n) is 10.4. The Morgan fingerprint density at radius 1 is 1.44 bits per heavy atom. The first-order valence-corrected chi connectivity index (χ1v) is 5.41. The van der Waals surface area contributed by atoms with E-state index in [1.54, 1.807) is 0 Å². The zero-order valence-corrected chi connectivity index (χ0v) is 10.4. The summed E-state index contributed by atoms with van der Waals surface area (Å²) < 4.78 is 5.26. The second-order valence-corrected chi connectivity index (χ2v) is 5.08. The summed E-state index contributed by atoms with van der Waals surface area (Å²) in [7, 11) is 1.94. The fourth-order valence-electron chi connectivity index (χ4n) is 1.57. The van der Waals surface area contributed by atoms with Crippen molar-refractivity contribution in [3.63, 3.8) is 0 Å². The van der Waals surface area contributed by atoms with Crippen LogP contribution in [0, 0.1) is 11.3 Å². The molecule has 1 aliphatic heterocycles. The van der Waals surface area contributed by atoms with Gasteiger partial charge in [-0.15, -0.1) is 0 Å². The highest BCUT2D eigenvalue weighted by Crippen LogP contribution is 2.14. The van der Waals surface area contributed by atoms with Crippen molar-refractivity contribution in [1.29, 1.82) is 5.26 Å². The highest BCUT2D eigenvalue weighted by Gasteiger charge is 2.32. The van der Waals surface area contributed by atoms with Gasteiger partial charge in [0, 0.05) is 19.6 Å². The van der Waals surface area contributed by atoms with E-state index in [1.807, 2.05) is 32.7 Å². The van der Waals surface area contributed by atoms with Gasteiger partial charge < -0.3 is 9.64 Å². The molecule has 0 spiro atoms. The van der Waals surface area contributed by atoms with Crippen LogP contribution in [0.15, 0.2) is 0 Å². The lowest BCUT2D eigenvalue weighted by atomic mass is 10.2. The number of nitrogens with zero attached hydrogens (tertiary/aromatic N) is 3. The highest BCUT2D eigenvalue weighted by atomic mass is 16.6. The number of hydrogen-bond donors (Lipinski definition) is 0. The molecule has 1 atom stereocenters. The summed E-state index contributed by atoms with van der Waals surface area (Å²) in [5.74, 6) is 0. The fourth-order valence-corrected chi connectivity index (χ4v) is 1.57. The molecule has 1 aliphatic rings. The molecular weight excluding hydrogens is 206 g/mol. The van der Waals surface area contributed by atoms with Crippen molar-refractivity contribution in [3.8, 4) is 6.07 Å². The molecule has 0 aromatic carbocycles. The van der Waals surface area contributed by atoms with Crippen LogP contribution >= 0.6 is 0 Å². The Morgan fingerprint density at radius 2 is 2.06 bits per heavy atom. The molecule has 5 nitrogen and oxygen atoms in total. The van der Waals surface area contributed by atoms with Crippen LogP contribution in [0.5, 0.6) is 0 Å². The Bertz CT molecular complexity index is 303. The van der Waals surface area contributed by atoms with E-state index in [0.717, 1.165) is 6.54 Å². The molecule has 1 unspecified atom stereocenters. The molecule has 0 aromatic heterocycles. The lowest BCUT2D eigenvalue weighted by Gasteiger charge is -2.37. The summed E-state index contributed by atoms with van der Waals surface area (Å²) >= 11 is 0. The molecule has 5 heteroatoms. The van der Waals surface area contributed by atoms with Gasteiger partial charge in [-0.1, -0.05) is 0 Å². The van der Waals surface area contributed by atoms with Crippen molar-refractivity contribution in [1.82, 2.24) is 9.80 Å². The van der Waals surface area contributed by atoms with Gasteiger partial charge >= 0.3 is 6.09 Å². The molecule has 0 bridgehead atoms. The quantitative estimate of drug-likeness (QED) is 0.618. The molecule has 16 heavy (non-hydrogen) atoms. The van der Waals surface area contributed by atoms with Crippen molar-refractivity contribution in [2.24, 2.45) is 0 Å². The van der Waals surface area contributed by atoms with Crippen LogP contribution in [-0.4, -0.2) is 54.2 Å². The average Bonchev–Trinajstić information content (AvgIpc) is 2.14. The monoisotopic (exact) mass is 225 g/mol. The number of hydrogen-bond acceptors (Lipinski definition) is 4. The first-order valence-electron chi connectivity index (χ1n) is 5.41. The van der Waals surface area contributed by atoms with Crippen LogP contribution in [0.4, 0.5) is 4.79 Å². The topological polar surface area (TPSA) is 56.6 Å². The first kappa shape index (κ1) is 12.8. The number of piperazine rings is 1. The number of likely N-dealkylation sites (N-methyl/N-ethyl adjacent to an activating group) is 1. The van der Waals surface area contributed by atoms with Gasteiger partial charge in [0.15, 0.2) is 0 Å². The summed E-state index contributed by atoms with van der Waals surface area (Å²) in [5.41, 5.74) is -0.513. The molecule has 1 rings (SSSR count). The molecule has 1 amide bonds. The van der Waals surface area contributed by atoms with Crippen LogP contribution in [0.25, 0.3) is 0 Å². The molecule has 1 heterocycles. The summed E-state index contributed by atoms with van der Waals surface area (Å²) in [6, 6.07) is 1.73. The van der Waals surface area contributed by atoms with E-state index in [-0.39, 0.29) is 0 Å². The Hall–Kier alpha value is -1.28. The van der Waals surface area contributed by atoms with Gasteiger partial charge in [-0.2, -0.15) is 5.26 Å². The summed E-state index contributed by atoms with van der Waals surface area (Å²) in [6.45, 7) is 7.36. The van der Waals surface area contributed by atoms with E-state index in [0.29, 0.717) is 13.1 Å². The molecule has 0 saturated carbocycles. The molecule has 90 valence electrons. The number of carbonyl (C=O) groups excluding carboxylic acids is 1. The van der Waals surface area contributed by atoms with Crippen LogP contribution in [0.3, 0.4) is 0 Å². The van der Waals surface area contributed by atoms with Gasteiger partial charge in [0.05, 0.1) is 6.07 Å². The third kappa shape index (κ3) is 3.38. The van der Waals surface area contributed by atoms with Crippen molar-refractivity contribution < 1.29 is 9.53 Å². The minimum Gasteiger partial charge on any atom is -0.444 e. The average molecular weight is 225 g/mol. The smallest absolute Gasteiger partial charge is 0.411 e. The van der Waals surface area contributed by atoms with Crippen molar-refractivity contribution in [3.05, 3.63) is 0 Å². The molecular formula is C11H19N3O2. The van der Waals surface area contributed by atoms with Gasteiger partial charge in [0.1, 0.15) is 11.6 Å². The number of rotatable bonds is 0. The normalized spacial score (nSPS) is 22.7. The molecule has 1 saturated heterocycles. The predicted molar refractivity (Wildman–Crippen MR) is 59.8 cm³/mol. The molecule has 0 aromatic rings. The van der Waals surface area contributed by atoms with Crippen LogP contribution in [-0.2, 0) is 4.74 Å². The Labute approximate surface area is 96.6 Å². The largest absolute Gasteiger partial charge is 0.444 e. The van der Waals surface area contributed by atoms with Gasteiger partial charge in [0.25, 0.3) is 0 Å². The van der Waals surface area contributed by atoms with Gasteiger partial charge in [0.2, 0.25) is 0 Å².